The van der Waals surface area contributed by atoms with Crippen LogP contribution in [0.1, 0.15) is 99.6 Å². The van der Waals surface area contributed by atoms with Crippen molar-refractivity contribution in [3.05, 3.63) is 112 Å². The first kappa shape index (κ1) is 50.3. The molecule has 0 bridgehead atoms. The molecule has 0 atom stereocenters. The third kappa shape index (κ3) is 10.9. The van der Waals surface area contributed by atoms with Crippen LogP contribution in [0.3, 0.4) is 0 Å². The van der Waals surface area contributed by atoms with Gasteiger partial charge in [0.2, 0.25) is 5.76 Å². The van der Waals surface area contributed by atoms with Crippen molar-refractivity contribution in [3.8, 4) is 17.6 Å². The van der Waals surface area contributed by atoms with Crippen LogP contribution in [0.2, 0.25) is 0 Å². The third-order valence-corrected chi connectivity index (χ3v) is 13.4. The SMILES string of the molecule is CCN(c1cc2oc(Br)cc2c(C(=O)NCc2c(OC)cc(C)[nH]c2=O)c1C)C1CCOCC1.CCN(c1cc2oc(C#N)cc2c(C(=O)NCc2c(OC)cc(C)[nH]c2=O)c1C)C1CCOCC1. The van der Waals surface area contributed by atoms with Crippen molar-refractivity contribution in [1.82, 2.24) is 20.6 Å². The molecule has 2 amide bonds. The van der Waals surface area contributed by atoms with Crippen LogP contribution in [0.25, 0.3) is 21.9 Å². The van der Waals surface area contributed by atoms with Crippen molar-refractivity contribution in [2.75, 3.05) is 63.5 Å². The number of nitrogens with zero attached hydrogens (tertiary/aromatic N) is 3. The molecule has 2 aromatic carbocycles. The largest absolute Gasteiger partial charge is 0.496 e. The number of halogens is 1. The first-order chi connectivity index (χ1) is 33.2. The molecule has 8 rings (SSSR count). The fourth-order valence-electron chi connectivity index (χ4n) is 9.58. The smallest absolute Gasteiger partial charge is 0.256 e. The Morgan fingerprint density at radius 3 is 1.52 bits per heavy atom. The van der Waals surface area contributed by atoms with E-state index in [1.54, 1.807) is 32.0 Å². The van der Waals surface area contributed by atoms with E-state index in [4.69, 9.17) is 27.8 Å². The molecule has 4 aromatic heterocycles. The minimum atomic E-state index is -0.357. The Morgan fingerprint density at radius 2 is 1.12 bits per heavy atom. The summed E-state index contributed by atoms with van der Waals surface area (Å²) in [6, 6.07) is 13.4. The van der Waals surface area contributed by atoms with Crippen LogP contribution in [0.15, 0.2) is 59.5 Å². The number of aromatic nitrogens is 2. The van der Waals surface area contributed by atoms with Crippen molar-refractivity contribution in [2.45, 2.75) is 92.4 Å². The zero-order valence-electron chi connectivity index (χ0n) is 40.4. The normalized spacial score (nSPS) is 14.2. The highest BCUT2D eigenvalue weighted by molar-refractivity contribution is 9.10. The number of anilines is 2. The first-order valence-corrected chi connectivity index (χ1v) is 24.0. The molecule has 366 valence electrons. The summed E-state index contributed by atoms with van der Waals surface area (Å²) >= 11 is 3.41. The average Bonchev–Trinajstić information content (AvgIpc) is 3.93. The Balaban J connectivity index is 0.000000204. The minimum absolute atomic E-state index is 0.0107. The van der Waals surface area contributed by atoms with Crippen LogP contribution in [-0.4, -0.2) is 87.6 Å². The van der Waals surface area contributed by atoms with Gasteiger partial charge in [-0.25, -0.2) is 0 Å². The number of furan rings is 2. The second-order valence-corrected chi connectivity index (χ2v) is 18.0. The van der Waals surface area contributed by atoms with Crippen molar-refractivity contribution in [1.29, 1.82) is 5.26 Å². The summed E-state index contributed by atoms with van der Waals surface area (Å²) < 4.78 is 34.0. The number of rotatable bonds is 14. The number of carbonyl (C=O) groups is 2. The molecule has 0 spiro atoms. The zero-order valence-corrected chi connectivity index (χ0v) is 42.0. The number of hydrogen-bond acceptors (Lipinski definition) is 13. The van der Waals surface area contributed by atoms with Gasteiger partial charge in [0, 0.05) is 103 Å². The number of H-pyrrole nitrogens is 2. The van der Waals surface area contributed by atoms with E-state index in [0.717, 1.165) is 79.9 Å². The summed E-state index contributed by atoms with van der Waals surface area (Å²) in [6.45, 7) is 16.1. The molecular formula is C51H60BrN7O10. The van der Waals surface area contributed by atoms with Crippen LogP contribution in [0, 0.1) is 39.0 Å². The number of benzene rings is 2. The second-order valence-electron chi connectivity index (χ2n) is 17.2. The van der Waals surface area contributed by atoms with Crippen LogP contribution in [0.5, 0.6) is 11.5 Å². The molecule has 69 heavy (non-hydrogen) atoms. The molecule has 2 aliphatic rings. The fourth-order valence-corrected chi connectivity index (χ4v) is 9.98. The Bertz CT molecular complexity index is 3010. The molecule has 2 aliphatic heterocycles. The lowest BCUT2D eigenvalue weighted by Gasteiger charge is -2.36. The molecule has 2 fully saturated rings. The van der Waals surface area contributed by atoms with Gasteiger partial charge in [-0.1, -0.05) is 0 Å². The van der Waals surface area contributed by atoms with Crippen molar-refractivity contribution < 1.29 is 37.4 Å². The van der Waals surface area contributed by atoms with Gasteiger partial charge in [-0.2, -0.15) is 5.26 Å². The Hall–Kier alpha value is -6.55. The molecule has 6 aromatic rings. The first-order valence-electron chi connectivity index (χ1n) is 23.2. The summed E-state index contributed by atoms with van der Waals surface area (Å²) in [7, 11) is 3.00. The lowest BCUT2D eigenvalue weighted by Crippen LogP contribution is -2.40. The number of amides is 2. The number of aryl methyl sites for hydroxylation is 2. The standard InChI is InChI=1S/C26H30N4O5.C25H30BrN3O5/c1-5-30(17-6-8-34-9-7-17)21-12-23-19(11-18(13-27)35-23)24(16(21)3)26(32)28-14-20-22(33-4)10-15(2)29-25(20)31;1-5-29(16-6-8-33-9-7-16)19-12-21-17(11-22(26)34-21)23(15(19)3)25(31)27-13-18-20(32-4)10-14(2)28-24(18)30/h10-12,17H,5-9,14H2,1-4H3,(H,28,32)(H,29,31);10-12,16H,5-9,13H2,1-4H3,(H,27,31)(H,28,30). The van der Waals surface area contributed by atoms with Crippen molar-refractivity contribution >= 4 is 61.1 Å². The van der Waals surface area contributed by atoms with Gasteiger partial charge in [0.1, 0.15) is 28.7 Å². The summed E-state index contributed by atoms with van der Waals surface area (Å²) in [5.41, 5.74) is 7.07. The lowest BCUT2D eigenvalue weighted by atomic mass is 9.98. The summed E-state index contributed by atoms with van der Waals surface area (Å²) in [5, 5.41) is 16.5. The quantitative estimate of drug-likeness (QED) is 0.0815. The maximum atomic E-state index is 13.5. The number of aromatic amines is 2. The maximum Gasteiger partial charge on any atom is 0.256 e. The Labute approximate surface area is 408 Å². The minimum Gasteiger partial charge on any atom is -0.496 e. The number of hydrogen-bond donors (Lipinski definition) is 4. The number of nitrogens with one attached hydrogen (secondary N) is 4. The van der Waals surface area contributed by atoms with Crippen LogP contribution in [-0.2, 0) is 22.6 Å². The molecule has 0 radical (unpaired) electrons. The number of ether oxygens (including phenoxy) is 4. The average molecular weight is 1010 g/mol. The highest BCUT2D eigenvalue weighted by Gasteiger charge is 2.29. The van der Waals surface area contributed by atoms with Gasteiger partial charge in [-0.3, -0.25) is 19.2 Å². The number of nitriles is 1. The Morgan fingerprint density at radius 1 is 0.696 bits per heavy atom. The zero-order chi connectivity index (χ0) is 49.5. The van der Waals surface area contributed by atoms with Crippen molar-refractivity contribution in [3.63, 3.8) is 0 Å². The van der Waals surface area contributed by atoms with Gasteiger partial charge in [0.25, 0.3) is 22.9 Å². The van der Waals surface area contributed by atoms with Crippen LogP contribution < -0.4 is 41.0 Å². The molecule has 4 N–H and O–H groups in total. The molecule has 0 saturated carbocycles. The maximum absolute atomic E-state index is 13.5. The number of methoxy groups -OCH3 is 2. The molecular weight excluding hydrogens is 951 g/mol. The van der Waals surface area contributed by atoms with Gasteiger partial charge >= 0.3 is 0 Å². The predicted molar refractivity (Wildman–Crippen MR) is 267 cm³/mol. The molecule has 6 heterocycles. The topological polar surface area (TPSA) is 217 Å². The Kier molecular flexibility index (Phi) is 16.2. The molecule has 18 heteroatoms. The highest BCUT2D eigenvalue weighted by atomic mass is 79.9. The van der Waals surface area contributed by atoms with E-state index < -0.39 is 0 Å². The number of fused-ring (bicyclic) bond motifs is 2. The van der Waals surface area contributed by atoms with Gasteiger partial charge in [0.05, 0.1) is 49.6 Å². The predicted octanol–water partition coefficient (Wildman–Crippen LogP) is 8.00. The summed E-state index contributed by atoms with van der Waals surface area (Å²) in [4.78, 5) is 62.1. The van der Waals surface area contributed by atoms with E-state index in [2.05, 4.69) is 60.2 Å². The molecule has 0 unspecified atom stereocenters. The van der Waals surface area contributed by atoms with Crippen molar-refractivity contribution in [2.24, 2.45) is 0 Å². The number of pyridine rings is 2. The molecule has 17 nitrogen and oxygen atoms in total. The lowest BCUT2D eigenvalue weighted by molar-refractivity contribution is 0.0845. The van der Waals surface area contributed by atoms with E-state index in [1.165, 1.54) is 14.2 Å². The van der Waals surface area contributed by atoms with E-state index in [1.807, 2.05) is 38.1 Å². The van der Waals surface area contributed by atoms with Gasteiger partial charge in [0.15, 0.2) is 4.67 Å². The fraction of sp³-hybridized carbons (Fsp3) is 0.431. The van der Waals surface area contributed by atoms with E-state index in [9.17, 15) is 24.4 Å². The summed E-state index contributed by atoms with van der Waals surface area (Å²) in [6.07, 6.45) is 3.66. The number of carbonyl (C=O) groups excluding carboxylic acids is 2. The molecule has 0 aliphatic carbocycles. The second kappa shape index (κ2) is 22.3. The third-order valence-electron chi connectivity index (χ3n) is 13.0. The monoisotopic (exact) mass is 1010 g/mol. The molecule has 2 saturated heterocycles. The summed E-state index contributed by atoms with van der Waals surface area (Å²) in [5.74, 6) is 0.359. The van der Waals surface area contributed by atoms with Crippen LogP contribution in [0.4, 0.5) is 11.4 Å². The van der Waals surface area contributed by atoms with Gasteiger partial charge < -0.3 is 58.2 Å². The highest BCUT2D eigenvalue weighted by Crippen LogP contribution is 2.38. The van der Waals surface area contributed by atoms with E-state index >= 15 is 0 Å². The van der Waals surface area contributed by atoms with Crippen LogP contribution >= 0.6 is 15.9 Å². The van der Waals surface area contributed by atoms with E-state index in [0.29, 0.717) is 85.6 Å². The van der Waals surface area contributed by atoms with Gasteiger partial charge in [-0.05, 0) is 112 Å². The van der Waals surface area contributed by atoms with E-state index in [-0.39, 0.29) is 47.8 Å². The van der Waals surface area contributed by atoms with Gasteiger partial charge in [-0.15, -0.1) is 0 Å².